The van der Waals surface area contributed by atoms with Gasteiger partial charge in [-0.3, -0.25) is 0 Å². The fourth-order valence-electron chi connectivity index (χ4n) is 0.659. The van der Waals surface area contributed by atoms with E-state index in [4.69, 9.17) is 5.11 Å². The van der Waals surface area contributed by atoms with E-state index in [2.05, 4.69) is 4.74 Å². The van der Waals surface area contributed by atoms with Crippen molar-refractivity contribution in [2.75, 3.05) is 33.9 Å². The van der Waals surface area contributed by atoms with Gasteiger partial charge >= 0.3 is 5.97 Å². The van der Waals surface area contributed by atoms with Crippen LogP contribution in [-0.4, -0.2) is 49.8 Å². The van der Waals surface area contributed by atoms with Crippen LogP contribution in [0.3, 0.4) is 0 Å². The summed E-state index contributed by atoms with van der Waals surface area (Å²) in [6.07, 6.45) is 3.06. The van der Waals surface area contributed by atoms with E-state index < -0.39 is 0 Å². The monoisotopic (exact) mass is 173 g/mol. The molecule has 0 aliphatic rings. The van der Waals surface area contributed by atoms with Gasteiger partial charge in [0.2, 0.25) is 0 Å². The smallest absolute Gasteiger partial charge is 0.330 e. The van der Waals surface area contributed by atoms with Crippen LogP contribution in [0.2, 0.25) is 0 Å². The van der Waals surface area contributed by atoms with E-state index in [1.807, 2.05) is 11.9 Å². The zero-order chi connectivity index (χ0) is 9.40. The highest BCUT2D eigenvalue weighted by atomic mass is 16.5. The lowest BCUT2D eigenvalue weighted by molar-refractivity contribution is -0.134. The maximum Gasteiger partial charge on any atom is 0.330 e. The molecule has 70 valence electrons. The summed E-state index contributed by atoms with van der Waals surface area (Å²) in [5, 5.41) is 8.53. The Balaban J connectivity index is 3.52. The van der Waals surface area contributed by atoms with E-state index >= 15 is 0 Å². The average Bonchev–Trinajstić information content (AvgIpc) is 2.04. The first kappa shape index (κ1) is 11.1. The molecule has 0 aromatic carbocycles. The summed E-state index contributed by atoms with van der Waals surface area (Å²) in [5.41, 5.74) is 0. The van der Waals surface area contributed by atoms with Crippen LogP contribution in [0, 0.1) is 0 Å². The molecule has 0 aliphatic carbocycles. The molecule has 0 heterocycles. The highest BCUT2D eigenvalue weighted by molar-refractivity contribution is 5.81. The number of hydrogen-bond donors (Lipinski definition) is 1. The first-order valence-corrected chi connectivity index (χ1v) is 3.74. The van der Waals surface area contributed by atoms with E-state index in [1.54, 1.807) is 6.08 Å². The minimum absolute atomic E-state index is 0.128. The summed E-state index contributed by atoms with van der Waals surface area (Å²) in [7, 11) is 3.20. The van der Waals surface area contributed by atoms with Gasteiger partial charge < -0.3 is 14.7 Å². The molecule has 0 spiro atoms. The minimum atomic E-state index is -0.354. The van der Waals surface area contributed by atoms with Crippen LogP contribution >= 0.6 is 0 Å². The molecule has 4 heteroatoms. The summed E-state index contributed by atoms with van der Waals surface area (Å²) in [5.74, 6) is -0.354. The molecule has 0 rings (SSSR count). The summed E-state index contributed by atoms with van der Waals surface area (Å²) >= 11 is 0. The quantitative estimate of drug-likeness (QED) is 0.455. The zero-order valence-electron chi connectivity index (χ0n) is 7.49. The lowest BCUT2D eigenvalue weighted by Gasteiger charge is -2.10. The molecular weight excluding hydrogens is 158 g/mol. The van der Waals surface area contributed by atoms with Gasteiger partial charge in [0.1, 0.15) is 0 Å². The van der Waals surface area contributed by atoms with Crippen molar-refractivity contribution in [2.45, 2.75) is 0 Å². The molecule has 0 saturated carbocycles. The highest BCUT2D eigenvalue weighted by Gasteiger charge is 1.93. The largest absolute Gasteiger partial charge is 0.466 e. The molecule has 0 aliphatic heterocycles. The molecule has 0 bridgehead atoms. The highest BCUT2D eigenvalue weighted by Crippen LogP contribution is 1.83. The van der Waals surface area contributed by atoms with E-state index in [0.717, 1.165) is 0 Å². The molecule has 1 N–H and O–H groups in total. The number of rotatable bonds is 5. The number of carbonyl (C=O) groups excluding carboxylic acids is 1. The zero-order valence-corrected chi connectivity index (χ0v) is 7.49. The SMILES string of the molecule is COC(=O)/C=C/CN(C)CCO. The maximum atomic E-state index is 10.6. The third-order valence-corrected chi connectivity index (χ3v) is 1.35. The maximum absolute atomic E-state index is 10.6. The van der Waals surface area contributed by atoms with E-state index in [9.17, 15) is 4.79 Å². The Morgan fingerprint density at radius 2 is 2.33 bits per heavy atom. The van der Waals surface area contributed by atoms with E-state index in [1.165, 1.54) is 13.2 Å². The molecule has 0 amide bonds. The van der Waals surface area contributed by atoms with Crippen LogP contribution in [0.5, 0.6) is 0 Å². The summed E-state index contributed by atoms with van der Waals surface area (Å²) < 4.78 is 4.40. The van der Waals surface area contributed by atoms with Gasteiger partial charge in [0.15, 0.2) is 0 Å². The number of carbonyl (C=O) groups is 1. The topological polar surface area (TPSA) is 49.8 Å². The molecule has 0 atom stereocenters. The van der Waals surface area contributed by atoms with Gasteiger partial charge in [0, 0.05) is 19.2 Å². The van der Waals surface area contributed by atoms with Crippen molar-refractivity contribution in [3.63, 3.8) is 0 Å². The predicted molar refractivity (Wildman–Crippen MR) is 45.7 cm³/mol. The molecule has 4 nitrogen and oxygen atoms in total. The Morgan fingerprint density at radius 1 is 1.67 bits per heavy atom. The Labute approximate surface area is 72.4 Å². The second-order valence-corrected chi connectivity index (χ2v) is 2.41. The van der Waals surface area contributed by atoms with Crippen molar-refractivity contribution in [3.8, 4) is 0 Å². The van der Waals surface area contributed by atoms with Gasteiger partial charge in [-0.25, -0.2) is 4.79 Å². The van der Waals surface area contributed by atoms with Crippen LogP contribution in [-0.2, 0) is 9.53 Å². The van der Waals surface area contributed by atoms with Crippen LogP contribution in [0.25, 0.3) is 0 Å². The first-order valence-electron chi connectivity index (χ1n) is 3.74. The number of methoxy groups -OCH3 is 1. The Kier molecular flexibility index (Phi) is 6.32. The Morgan fingerprint density at radius 3 is 2.83 bits per heavy atom. The first-order chi connectivity index (χ1) is 5.70. The van der Waals surface area contributed by atoms with Crippen molar-refractivity contribution in [3.05, 3.63) is 12.2 Å². The van der Waals surface area contributed by atoms with Gasteiger partial charge in [0.25, 0.3) is 0 Å². The third-order valence-electron chi connectivity index (χ3n) is 1.35. The van der Waals surface area contributed by atoms with Crippen molar-refractivity contribution in [1.82, 2.24) is 4.90 Å². The fourth-order valence-corrected chi connectivity index (χ4v) is 0.659. The number of likely N-dealkylation sites (N-methyl/N-ethyl adjacent to an activating group) is 1. The number of ether oxygens (including phenoxy) is 1. The summed E-state index contributed by atoms with van der Waals surface area (Å²) in [6.45, 7) is 1.36. The average molecular weight is 173 g/mol. The summed E-state index contributed by atoms with van der Waals surface area (Å²) in [4.78, 5) is 12.5. The number of aliphatic hydroxyl groups is 1. The van der Waals surface area contributed by atoms with E-state index in [0.29, 0.717) is 13.1 Å². The molecule has 0 aromatic heterocycles. The Bertz CT molecular complexity index is 156. The van der Waals surface area contributed by atoms with Gasteiger partial charge in [-0.05, 0) is 7.05 Å². The normalized spacial score (nSPS) is 11.0. The molecule has 0 saturated heterocycles. The minimum Gasteiger partial charge on any atom is -0.466 e. The third kappa shape index (κ3) is 5.88. The summed E-state index contributed by atoms with van der Waals surface area (Å²) in [6, 6.07) is 0. The number of aliphatic hydroxyl groups excluding tert-OH is 1. The predicted octanol–water partition coefficient (Wildman–Crippen LogP) is -0.360. The molecule has 12 heavy (non-hydrogen) atoms. The molecule has 0 unspecified atom stereocenters. The second-order valence-electron chi connectivity index (χ2n) is 2.41. The number of esters is 1. The molecule has 0 radical (unpaired) electrons. The van der Waals surface area contributed by atoms with Crippen molar-refractivity contribution in [2.24, 2.45) is 0 Å². The fraction of sp³-hybridized carbons (Fsp3) is 0.625. The molecular formula is C8H15NO3. The molecule has 0 fully saturated rings. The van der Waals surface area contributed by atoms with Gasteiger partial charge in [-0.15, -0.1) is 0 Å². The van der Waals surface area contributed by atoms with Crippen LogP contribution < -0.4 is 0 Å². The van der Waals surface area contributed by atoms with Crippen molar-refractivity contribution >= 4 is 5.97 Å². The standard InChI is InChI=1S/C8H15NO3/c1-9(6-7-10)5-3-4-8(11)12-2/h3-4,10H,5-7H2,1-2H3/b4-3+. The van der Waals surface area contributed by atoms with Gasteiger partial charge in [0.05, 0.1) is 13.7 Å². The van der Waals surface area contributed by atoms with Crippen molar-refractivity contribution in [1.29, 1.82) is 0 Å². The lowest BCUT2D eigenvalue weighted by Crippen LogP contribution is -2.22. The van der Waals surface area contributed by atoms with Crippen LogP contribution in [0.1, 0.15) is 0 Å². The molecule has 0 aromatic rings. The second kappa shape index (κ2) is 6.82. The van der Waals surface area contributed by atoms with Crippen LogP contribution in [0.4, 0.5) is 0 Å². The van der Waals surface area contributed by atoms with Gasteiger partial charge in [-0.1, -0.05) is 6.08 Å². The van der Waals surface area contributed by atoms with E-state index in [-0.39, 0.29) is 12.6 Å². The number of nitrogens with zero attached hydrogens (tertiary/aromatic N) is 1. The van der Waals surface area contributed by atoms with Crippen LogP contribution in [0.15, 0.2) is 12.2 Å². The number of hydrogen-bond acceptors (Lipinski definition) is 4. The Hall–Kier alpha value is -0.870. The van der Waals surface area contributed by atoms with Gasteiger partial charge in [-0.2, -0.15) is 0 Å². The van der Waals surface area contributed by atoms with Crippen molar-refractivity contribution < 1.29 is 14.6 Å². The lowest BCUT2D eigenvalue weighted by atomic mass is 10.4.